The van der Waals surface area contributed by atoms with E-state index in [-0.39, 0.29) is 29.2 Å². The quantitative estimate of drug-likeness (QED) is 0.728. The molecule has 9 heteroatoms. The van der Waals surface area contributed by atoms with Crippen molar-refractivity contribution >= 4 is 28.5 Å². The Labute approximate surface area is 160 Å². The Morgan fingerprint density at radius 3 is 3.00 bits per heavy atom. The molecule has 4 rings (SSSR count). The molecule has 0 aliphatic carbocycles. The fraction of sp³-hybridized carbons (Fsp3) is 0.389. The number of nitrogens with two attached hydrogens (primary N) is 1. The third-order valence-corrected chi connectivity index (χ3v) is 5.03. The van der Waals surface area contributed by atoms with Crippen LogP contribution in [0.25, 0.3) is 11.0 Å². The molecule has 0 bridgehead atoms. The van der Waals surface area contributed by atoms with Gasteiger partial charge in [0.1, 0.15) is 24.0 Å². The molecular weight excluding hydrogens is 373 g/mol. The Hall–Kier alpha value is -2.45. The number of anilines is 1. The Morgan fingerprint density at radius 1 is 1.37 bits per heavy atom. The molecule has 27 heavy (non-hydrogen) atoms. The molecule has 1 saturated heterocycles. The lowest BCUT2D eigenvalue weighted by Gasteiger charge is -2.23. The van der Waals surface area contributed by atoms with Gasteiger partial charge in [-0.25, -0.2) is 19.0 Å². The van der Waals surface area contributed by atoms with Crippen molar-refractivity contribution in [3.63, 3.8) is 0 Å². The van der Waals surface area contributed by atoms with E-state index in [9.17, 15) is 4.39 Å². The van der Waals surface area contributed by atoms with Crippen molar-refractivity contribution in [2.75, 3.05) is 12.3 Å². The summed E-state index contributed by atoms with van der Waals surface area (Å²) in [5, 5.41) is 5.50. The van der Waals surface area contributed by atoms with Crippen molar-refractivity contribution in [1.29, 1.82) is 0 Å². The van der Waals surface area contributed by atoms with Crippen LogP contribution in [0.1, 0.15) is 36.7 Å². The summed E-state index contributed by atoms with van der Waals surface area (Å²) in [7, 11) is 0. The molecule has 1 atom stereocenters. The highest BCUT2D eigenvalue weighted by atomic mass is 35.5. The molecule has 0 saturated carbocycles. The summed E-state index contributed by atoms with van der Waals surface area (Å²) < 4.78 is 27.3. The summed E-state index contributed by atoms with van der Waals surface area (Å²) in [6.07, 6.45) is 5.60. The monoisotopic (exact) mass is 391 g/mol. The van der Waals surface area contributed by atoms with Crippen LogP contribution in [0, 0.1) is 12.7 Å². The number of nitrogens with zero attached hydrogens (tertiary/aromatic N) is 4. The maximum Gasteiger partial charge on any atom is 0.160 e. The maximum absolute atomic E-state index is 13.9. The average Bonchev–Trinajstić information content (AvgIpc) is 3.02. The van der Waals surface area contributed by atoms with Crippen LogP contribution in [0.5, 0.6) is 5.75 Å². The second-order valence-corrected chi connectivity index (χ2v) is 6.84. The van der Waals surface area contributed by atoms with Crippen molar-refractivity contribution < 1.29 is 13.9 Å². The fourth-order valence-corrected chi connectivity index (χ4v) is 3.35. The molecule has 0 amide bonds. The first-order valence-corrected chi connectivity index (χ1v) is 9.10. The number of halogens is 2. The first-order chi connectivity index (χ1) is 13.0. The highest BCUT2D eigenvalue weighted by Gasteiger charge is 2.21. The second-order valence-electron chi connectivity index (χ2n) is 6.47. The third-order valence-electron chi connectivity index (χ3n) is 4.61. The number of hydrogen-bond acceptors (Lipinski definition) is 6. The minimum absolute atomic E-state index is 0.0579. The summed E-state index contributed by atoms with van der Waals surface area (Å²) in [6, 6.07) is 1.83. The Bertz CT molecular complexity index is 988. The van der Waals surface area contributed by atoms with E-state index in [1.54, 1.807) is 6.20 Å². The lowest BCUT2D eigenvalue weighted by Crippen LogP contribution is -2.19. The number of aromatic nitrogens is 4. The fourth-order valence-electron chi connectivity index (χ4n) is 3.15. The number of rotatable bonds is 4. The average molecular weight is 392 g/mol. The number of fused-ring (bicyclic) bond motifs is 1. The van der Waals surface area contributed by atoms with E-state index in [1.807, 2.05) is 17.7 Å². The second kappa shape index (κ2) is 7.28. The van der Waals surface area contributed by atoms with Crippen molar-refractivity contribution in [2.24, 2.45) is 0 Å². The van der Waals surface area contributed by atoms with Gasteiger partial charge in [-0.3, -0.25) is 0 Å². The summed E-state index contributed by atoms with van der Waals surface area (Å²) in [5.41, 5.74) is 7.35. The normalized spacial score (nSPS) is 17.4. The molecule has 0 aromatic carbocycles. The molecule has 3 aromatic rings. The van der Waals surface area contributed by atoms with Crippen molar-refractivity contribution in [1.82, 2.24) is 19.7 Å². The number of aryl methyl sites for hydroxylation is 1. The van der Waals surface area contributed by atoms with Crippen LogP contribution in [0.15, 0.2) is 18.5 Å². The van der Waals surface area contributed by atoms with Crippen LogP contribution in [0.2, 0.25) is 5.02 Å². The highest BCUT2D eigenvalue weighted by Crippen LogP contribution is 2.30. The van der Waals surface area contributed by atoms with E-state index in [0.29, 0.717) is 5.75 Å². The molecule has 1 fully saturated rings. The van der Waals surface area contributed by atoms with Gasteiger partial charge in [-0.05, 0) is 32.3 Å². The predicted octanol–water partition coefficient (Wildman–Crippen LogP) is 3.79. The van der Waals surface area contributed by atoms with Gasteiger partial charge in [0, 0.05) is 17.6 Å². The van der Waals surface area contributed by atoms with Gasteiger partial charge in [0.05, 0.1) is 23.1 Å². The molecule has 0 spiro atoms. The minimum Gasteiger partial charge on any atom is -0.487 e. The van der Waals surface area contributed by atoms with E-state index in [1.165, 1.54) is 0 Å². The number of nitrogen functional groups attached to an aromatic ring is 1. The Balaban J connectivity index is 1.59. The molecule has 7 nitrogen and oxygen atoms in total. The molecule has 0 radical (unpaired) electrons. The largest absolute Gasteiger partial charge is 0.487 e. The smallest absolute Gasteiger partial charge is 0.160 e. The first-order valence-electron chi connectivity index (χ1n) is 8.72. The number of pyridine rings is 2. The molecule has 1 aliphatic heterocycles. The third kappa shape index (κ3) is 3.42. The van der Waals surface area contributed by atoms with Crippen molar-refractivity contribution in [2.45, 2.75) is 39.0 Å². The van der Waals surface area contributed by atoms with Crippen molar-refractivity contribution in [3.8, 4) is 5.75 Å². The standard InChI is InChI=1S/C18H19ClFN5O2/c1-10-12-6-11(27-9-13-14(20)8-22-17(21)16(13)19)7-23-18(12)25(24-10)15-4-2-3-5-26-15/h6-8,15H,2-5,9H2,1H3,(H2,21,22). The zero-order chi connectivity index (χ0) is 19.0. The minimum atomic E-state index is -0.568. The molecule has 2 N–H and O–H groups in total. The number of hydrogen-bond donors (Lipinski definition) is 1. The van der Waals surface area contributed by atoms with Crippen LogP contribution in [-0.2, 0) is 11.3 Å². The number of ether oxygens (including phenoxy) is 2. The molecule has 1 unspecified atom stereocenters. The SMILES string of the molecule is Cc1nn(C2CCCCO2)c2ncc(OCc3c(F)cnc(N)c3Cl)cc12. The van der Waals surface area contributed by atoms with Crippen LogP contribution >= 0.6 is 11.6 Å². The lowest BCUT2D eigenvalue weighted by atomic mass is 10.2. The van der Waals surface area contributed by atoms with Crippen LogP contribution in [-0.4, -0.2) is 26.4 Å². The summed E-state index contributed by atoms with van der Waals surface area (Å²) in [4.78, 5) is 8.16. The van der Waals surface area contributed by atoms with Crippen LogP contribution < -0.4 is 10.5 Å². The van der Waals surface area contributed by atoms with Gasteiger partial charge in [-0.1, -0.05) is 11.6 Å². The summed E-state index contributed by atoms with van der Waals surface area (Å²) in [6.45, 7) is 2.56. The van der Waals surface area contributed by atoms with E-state index < -0.39 is 5.82 Å². The van der Waals surface area contributed by atoms with Crippen LogP contribution in [0.3, 0.4) is 0 Å². The molecule has 142 valence electrons. The zero-order valence-electron chi connectivity index (χ0n) is 14.8. The van der Waals surface area contributed by atoms with Gasteiger partial charge in [-0.15, -0.1) is 0 Å². The summed E-state index contributed by atoms with van der Waals surface area (Å²) >= 11 is 6.02. The van der Waals surface area contributed by atoms with Gasteiger partial charge >= 0.3 is 0 Å². The van der Waals surface area contributed by atoms with Crippen molar-refractivity contribution in [3.05, 3.63) is 40.6 Å². The molecule has 1 aliphatic rings. The Kier molecular flexibility index (Phi) is 4.84. The van der Waals surface area contributed by atoms with Gasteiger partial charge in [-0.2, -0.15) is 5.10 Å². The first kappa shape index (κ1) is 17.9. The zero-order valence-corrected chi connectivity index (χ0v) is 15.5. The summed E-state index contributed by atoms with van der Waals surface area (Å²) in [5.74, 6) is -0.0166. The van der Waals surface area contributed by atoms with Crippen LogP contribution in [0.4, 0.5) is 10.2 Å². The molecule has 3 aromatic heterocycles. The highest BCUT2D eigenvalue weighted by molar-refractivity contribution is 6.33. The van der Waals surface area contributed by atoms with Gasteiger partial charge in [0.15, 0.2) is 11.9 Å². The van der Waals surface area contributed by atoms with E-state index in [4.69, 9.17) is 26.8 Å². The van der Waals surface area contributed by atoms with Gasteiger partial charge < -0.3 is 15.2 Å². The predicted molar refractivity (Wildman–Crippen MR) is 99.1 cm³/mol. The Morgan fingerprint density at radius 2 is 2.22 bits per heavy atom. The molecule has 4 heterocycles. The van der Waals surface area contributed by atoms with E-state index in [0.717, 1.165) is 48.8 Å². The van der Waals surface area contributed by atoms with E-state index >= 15 is 0 Å². The molecular formula is C18H19ClFN5O2. The van der Waals surface area contributed by atoms with Gasteiger partial charge in [0.2, 0.25) is 0 Å². The topological polar surface area (TPSA) is 88.1 Å². The lowest BCUT2D eigenvalue weighted by molar-refractivity contribution is -0.0371. The van der Waals surface area contributed by atoms with Gasteiger partial charge in [0.25, 0.3) is 0 Å². The maximum atomic E-state index is 13.9. The van der Waals surface area contributed by atoms with E-state index in [2.05, 4.69) is 15.1 Å².